The quantitative estimate of drug-likeness (QED) is 0.557. The molecule has 0 fully saturated rings. The van der Waals surface area contributed by atoms with Gasteiger partial charge in [0, 0.05) is 3.57 Å². The summed E-state index contributed by atoms with van der Waals surface area (Å²) < 4.78 is 43.7. The van der Waals surface area contributed by atoms with Gasteiger partial charge < -0.3 is 4.43 Å². The lowest BCUT2D eigenvalue weighted by Gasteiger charge is -2.20. The summed E-state index contributed by atoms with van der Waals surface area (Å²) in [6, 6.07) is 3.78. The minimum atomic E-state index is -4.32. The lowest BCUT2D eigenvalue weighted by atomic mass is 10.2. The van der Waals surface area contributed by atoms with Gasteiger partial charge in [-0.05, 0) is 60.4 Å². The molecular weight excluding hydrogens is 348 g/mol. The van der Waals surface area contributed by atoms with Crippen LogP contribution in [0.3, 0.4) is 0 Å². The summed E-state index contributed by atoms with van der Waals surface area (Å²) in [5.74, 6) is 0.304. The van der Waals surface area contributed by atoms with E-state index in [1.165, 1.54) is 0 Å². The van der Waals surface area contributed by atoms with Crippen molar-refractivity contribution in [3.8, 4) is 5.75 Å². The Hall–Kier alpha value is -0.243. The molecule has 0 aliphatic carbocycles. The highest BCUT2D eigenvalue weighted by molar-refractivity contribution is 14.1. The molecule has 0 amide bonds. The zero-order valence-electron chi connectivity index (χ0n) is 9.15. The third kappa shape index (κ3) is 4.32. The van der Waals surface area contributed by atoms with Crippen molar-refractivity contribution in [1.29, 1.82) is 0 Å². The molecule has 0 N–H and O–H groups in total. The van der Waals surface area contributed by atoms with Crippen LogP contribution in [0.2, 0.25) is 19.6 Å². The summed E-state index contributed by atoms with van der Waals surface area (Å²) in [5, 5.41) is 0. The van der Waals surface area contributed by atoms with Gasteiger partial charge in [-0.3, -0.25) is 0 Å². The average Bonchev–Trinajstić information content (AvgIpc) is 1.97. The highest BCUT2D eigenvalue weighted by atomic mass is 127. The molecule has 1 aromatic rings. The van der Waals surface area contributed by atoms with Gasteiger partial charge in [0.25, 0.3) is 0 Å². The average molecular weight is 360 g/mol. The van der Waals surface area contributed by atoms with Gasteiger partial charge in [0.05, 0.1) is 5.56 Å². The smallest absolute Gasteiger partial charge is 0.416 e. The number of benzene rings is 1. The van der Waals surface area contributed by atoms with Crippen molar-refractivity contribution in [2.75, 3.05) is 0 Å². The number of hydrogen-bond acceptors (Lipinski definition) is 1. The predicted molar refractivity (Wildman–Crippen MR) is 68.1 cm³/mol. The molecule has 6 heteroatoms. The van der Waals surface area contributed by atoms with Crippen molar-refractivity contribution >= 4 is 30.9 Å². The van der Waals surface area contributed by atoms with Gasteiger partial charge in [0.2, 0.25) is 8.32 Å². The van der Waals surface area contributed by atoms with Gasteiger partial charge >= 0.3 is 6.18 Å². The van der Waals surface area contributed by atoms with Crippen molar-refractivity contribution < 1.29 is 17.6 Å². The summed E-state index contributed by atoms with van der Waals surface area (Å²) in [4.78, 5) is 0. The second-order valence-corrected chi connectivity index (χ2v) is 10.1. The third-order valence-electron chi connectivity index (χ3n) is 1.62. The number of halogens is 4. The summed E-state index contributed by atoms with van der Waals surface area (Å²) >= 11 is 1.86. The maximum Gasteiger partial charge on any atom is 0.416 e. The van der Waals surface area contributed by atoms with E-state index in [1.54, 1.807) is 6.07 Å². The van der Waals surface area contributed by atoms with Crippen molar-refractivity contribution in [2.24, 2.45) is 0 Å². The van der Waals surface area contributed by atoms with Crippen LogP contribution in [0.25, 0.3) is 0 Å². The second kappa shape index (κ2) is 4.56. The molecule has 0 aromatic heterocycles. The molecule has 0 unspecified atom stereocenters. The van der Waals surface area contributed by atoms with Crippen LogP contribution in [0.5, 0.6) is 5.75 Å². The molecule has 0 radical (unpaired) electrons. The highest BCUT2D eigenvalue weighted by Gasteiger charge is 2.31. The zero-order valence-corrected chi connectivity index (χ0v) is 12.3. The predicted octanol–water partition coefficient (Wildman–Crippen LogP) is 4.52. The van der Waals surface area contributed by atoms with Crippen molar-refractivity contribution in [3.05, 3.63) is 27.3 Å². The Labute approximate surface area is 107 Å². The molecule has 0 heterocycles. The van der Waals surface area contributed by atoms with E-state index in [9.17, 15) is 13.2 Å². The molecule has 0 atom stereocenters. The first-order valence-electron chi connectivity index (χ1n) is 4.65. The van der Waals surface area contributed by atoms with Crippen LogP contribution in [0.15, 0.2) is 18.2 Å². The first kappa shape index (κ1) is 13.8. The van der Waals surface area contributed by atoms with Crippen LogP contribution < -0.4 is 4.43 Å². The van der Waals surface area contributed by atoms with E-state index in [0.717, 1.165) is 12.1 Å². The summed E-state index contributed by atoms with van der Waals surface area (Å²) in [7, 11) is -1.87. The Morgan fingerprint density at radius 3 is 2.12 bits per heavy atom. The fraction of sp³-hybridized carbons (Fsp3) is 0.400. The molecule has 16 heavy (non-hydrogen) atoms. The van der Waals surface area contributed by atoms with Gasteiger partial charge in [0.1, 0.15) is 5.75 Å². The van der Waals surface area contributed by atoms with Crippen LogP contribution in [0.4, 0.5) is 13.2 Å². The monoisotopic (exact) mass is 360 g/mol. The topological polar surface area (TPSA) is 9.23 Å². The summed E-state index contributed by atoms with van der Waals surface area (Å²) in [6.45, 7) is 5.79. The molecule has 1 nitrogen and oxygen atoms in total. The van der Waals surface area contributed by atoms with Crippen LogP contribution in [-0.2, 0) is 6.18 Å². The Morgan fingerprint density at radius 2 is 1.69 bits per heavy atom. The van der Waals surface area contributed by atoms with E-state index in [1.807, 2.05) is 42.2 Å². The number of hydrogen-bond donors (Lipinski definition) is 0. The van der Waals surface area contributed by atoms with Crippen molar-refractivity contribution in [3.63, 3.8) is 0 Å². The minimum absolute atomic E-state index is 0.304. The fourth-order valence-electron chi connectivity index (χ4n) is 1.14. The number of rotatable bonds is 2. The van der Waals surface area contributed by atoms with E-state index in [0.29, 0.717) is 9.32 Å². The summed E-state index contributed by atoms with van der Waals surface area (Å²) in [6.07, 6.45) is -4.32. The molecule has 0 spiro atoms. The maximum absolute atomic E-state index is 12.5. The van der Waals surface area contributed by atoms with Gasteiger partial charge in [-0.15, -0.1) is 0 Å². The van der Waals surface area contributed by atoms with Gasteiger partial charge in [-0.2, -0.15) is 13.2 Å². The molecular formula is C10H12F3IOSi. The van der Waals surface area contributed by atoms with Crippen LogP contribution >= 0.6 is 22.6 Å². The first-order chi connectivity index (χ1) is 7.08. The Kier molecular flexibility index (Phi) is 3.94. The molecule has 1 rings (SSSR count). The maximum atomic E-state index is 12.5. The molecule has 0 aliphatic rings. The standard InChI is InChI=1S/C10H12F3IOSi/c1-16(2,3)15-9-5-7(10(11,12)13)4-8(14)6-9/h4-6H,1-3H3. The molecule has 90 valence electrons. The summed E-state index contributed by atoms with van der Waals surface area (Å²) in [5.41, 5.74) is -0.660. The molecule has 0 aliphatic heterocycles. The molecule has 0 saturated carbocycles. The first-order valence-corrected chi connectivity index (χ1v) is 9.13. The van der Waals surface area contributed by atoms with E-state index >= 15 is 0 Å². The number of alkyl halides is 3. The van der Waals surface area contributed by atoms with Gasteiger partial charge in [0.15, 0.2) is 0 Å². The molecule has 1 aromatic carbocycles. The molecule has 0 saturated heterocycles. The normalized spacial score (nSPS) is 12.7. The second-order valence-electron chi connectivity index (χ2n) is 4.39. The van der Waals surface area contributed by atoms with Crippen LogP contribution in [0, 0.1) is 3.57 Å². The highest BCUT2D eigenvalue weighted by Crippen LogP contribution is 2.33. The van der Waals surface area contributed by atoms with Crippen molar-refractivity contribution in [2.45, 2.75) is 25.8 Å². The largest absolute Gasteiger partial charge is 0.544 e. The Balaban J connectivity index is 3.09. The SMILES string of the molecule is C[Si](C)(C)Oc1cc(I)cc(C(F)(F)F)c1. The van der Waals surface area contributed by atoms with E-state index < -0.39 is 20.1 Å². The van der Waals surface area contributed by atoms with E-state index in [-0.39, 0.29) is 0 Å². The van der Waals surface area contributed by atoms with E-state index in [2.05, 4.69) is 0 Å². The van der Waals surface area contributed by atoms with Crippen LogP contribution in [-0.4, -0.2) is 8.32 Å². The Morgan fingerprint density at radius 1 is 1.12 bits per heavy atom. The lowest BCUT2D eigenvalue weighted by molar-refractivity contribution is -0.137. The fourth-order valence-corrected chi connectivity index (χ4v) is 2.61. The van der Waals surface area contributed by atoms with E-state index in [4.69, 9.17) is 4.43 Å². The Bertz CT molecular complexity index is 385. The van der Waals surface area contributed by atoms with Crippen LogP contribution in [0.1, 0.15) is 5.56 Å². The van der Waals surface area contributed by atoms with Gasteiger partial charge in [-0.1, -0.05) is 0 Å². The molecule has 0 bridgehead atoms. The zero-order chi connectivity index (χ0) is 12.6. The van der Waals surface area contributed by atoms with Crippen molar-refractivity contribution in [1.82, 2.24) is 0 Å². The third-order valence-corrected chi connectivity index (χ3v) is 3.09. The lowest BCUT2D eigenvalue weighted by Crippen LogP contribution is -2.29. The van der Waals surface area contributed by atoms with Gasteiger partial charge in [-0.25, -0.2) is 0 Å². The minimum Gasteiger partial charge on any atom is -0.544 e.